The molecule has 0 aliphatic carbocycles. The highest BCUT2D eigenvalue weighted by molar-refractivity contribution is 5.78. The number of methoxy groups -OCH3 is 1. The van der Waals surface area contributed by atoms with Crippen molar-refractivity contribution in [2.75, 3.05) is 27.2 Å². The lowest BCUT2D eigenvalue weighted by atomic mass is 10.0. The van der Waals surface area contributed by atoms with Crippen LogP contribution >= 0.6 is 0 Å². The lowest BCUT2D eigenvalue weighted by Crippen LogP contribution is -2.46. The Bertz CT molecular complexity index is 1040. The fourth-order valence-corrected chi connectivity index (χ4v) is 4.21. The zero-order chi connectivity index (χ0) is 21.8. The van der Waals surface area contributed by atoms with Crippen molar-refractivity contribution in [2.24, 2.45) is 0 Å². The zero-order valence-electron chi connectivity index (χ0n) is 18.5. The van der Waals surface area contributed by atoms with Gasteiger partial charge in [-0.3, -0.25) is 9.47 Å². The molecule has 3 aromatic rings. The maximum absolute atomic E-state index is 13.0. The molecule has 1 amide bonds. The van der Waals surface area contributed by atoms with E-state index in [1.165, 1.54) is 11.1 Å². The van der Waals surface area contributed by atoms with Crippen LogP contribution in [0.15, 0.2) is 61.1 Å². The predicted molar refractivity (Wildman–Crippen MR) is 122 cm³/mol. The van der Waals surface area contributed by atoms with Gasteiger partial charge in [-0.25, -0.2) is 9.78 Å². The van der Waals surface area contributed by atoms with Crippen molar-refractivity contribution in [3.63, 3.8) is 0 Å². The van der Waals surface area contributed by atoms with Crippen molar-refractivity contribution >= 4 is 6.03 Å². The molecular weight excluding hydrogens is 388 g/mol. The summed E-state index contributed by atoms with van der Waals surface area (Å²) in [6.45, 7) is 4.90. The highest BCUT2D eigenvalue weighted by Gasteiger charge is 2.26. The largest absolute Gasteiger partial charge is 0.497 e. The molecule has 0 saturated carbocycles. The lowest BCUT2D eigenvalue weighted by Gasteiger charge is -2.36. The van der Waals surface area contributed by atoms with Gasteiger partial charge in [0.05, 0.1) is 12.8 Å². The molecule has 0 radical (unpaired) electrons. The van der Waals surface area contributed by atoms with Gasteiger partial charge < -0.3 is 9.64 Å². The fourth-order valence-electron chi connectivity index (χ4n) is 4.21. The van der Waals surface area contributed by atoms with Gasteiger partial charge in [-0.1, -0.05) is 35.9 Å². The maximum Gasteiger partial charge on any atom is 0.329 e. The third-order valence-electron chi connectivity index (χ3n) is 6.06. The molecule has 2 aromatic carbocycles. The van der Waals surface area contributed by atoms with Crippen molar-refractivity contribution in [1.82, 2.24) is 19.4 Å². The van der Waals surface area contributed by atoms with Crippen molar-refractivity contribution < 1.29 is 9.53 Å². The van der Waals surface area contributed by atoms with Crippen molar-refractivity contribution in [3.8, 4) is 17.0 Å². The molecule has 0 bridgehead atoms. The molecule has 0 spiro atoms. The zero-order valence-corrected chi connectivity index (χ0v) is 18.5. The second-order valence-electron chi connectivity index (χ2n) is 8.29. The number of amides is 1. The number of nitrogens with zero attached hydrogens (tertiary/aromatic N) is 4. The van der Waals surface area contributed by atoms with Crippen LogP contribution in [0.2, 0.25) is 0 Å². The Hall–Kier alpha value is -3.12. The van der Waals surface area contributed by atoms with E-state index in [0.29, 0.717) is 0 Å². The highest BCUT2D eigenvalue weighted by atomic mass is 16.5. The van der Waals surface area contributed by atoms with Crippen LogP contribution in [0.4, 0.5) is 4.79 Å². The molecule has 6 heteroatoms. The summed E-state index contributed by atoms with van der Waals surface area (Å²) in [6, 6.07) is 16.6. The summed E-state index contributed by atoms with van der Waals surface area (Å²) >= 11 is 0. The van der Waals surface area contributed by atoms with Crippen LogP contribution in [0.5, 0.6) is 5.75 Å². The normalized spacial score (nSPS) is 15.1. The van der Waals surface area contributed by atoms with Crippen LogP contribution in [0.3, 0.4) is 0 Å². The smallest absolute Gasteiger partial charge is 0.329 e. The molecule has 0 N–H and O–H groups in total. The number of ether oxygens (including phenoxy) is 1. The van der Waals surface area contributed by atoms with Gasteiger partial charge >= 0.3 is 6.03 Å². The van der Waals surface area contributed by atoms with Crippen LogP contribution in [-0.4, -0.2) is 58.7 Å². The van der Waals surface area contributed by atoms with Gasteiger partial charge in [0.1, 0.15) is 12.1 Å². The number of hydrogen-bond acceptors (Lipinski definition) is 4. The van der Waals surface area contributed by atoms with Gasteiger partial charge in [-0.2, -0.15) is 0 Å². The summed E-state index contributed by atoms with van der Waals surface area (Å²) in [7, 11) is 3.60. The van der Waals surface area contributed by atoms with Gasteiger partial charge in [0, 0.05) is 44.5 Å². The molecule has 1 aromatic heterocycles. The fraction of sp³-hybridized carbons (Fsp3) is 0.360. The number of aryl methyl sites for hydroxylation is 1. The first-order valence-electron chi connectivity index (χ1n) is 10.8. The van der Waals surface area contributed by atoms with E-state index >= 15 is 0 Å². The van der Waals surface area contributed by atoms with Crippen LogP contribution < -0.4 is 4.74 Å². The van der Waals surface area contributed by atoms with Gasteiger partial charge in [0.25, 0.3) is 0 Å². The van der Waals surface area contributed by atoms with E-state index in [0.717, 1.165) is 49.5 Å². The molecular formula is C25H30N4O2. The number of rotatable bonds is 5. The topological polar surface area (TPSA) is 50.6 Å². The van der Waals surface area contributed by atoms with Crippen LogP contribution in [-0.2, 0) is 6.54 Å². The minimum Gasteiger partial charge on any atom is -0.497 e. The Morgan fingerprint density at radius 2 is 1.94 bits per heavy atom. The maximum atomic E-state index is 13.0. The molecule has 1 fully saturated rings. The number of piperidine rings is 1. The Morgan fingerprint density at radius 3 is 2.68 bits per heavy atom. The average Bonchev–Trinajstić information content (AvgIpc) is 3.29. The standard InChI is InChI=1S/C25H30N4O2/c1-19-6-4-8-21(14-19)24-17-29(18-26-24)25(30)27(2)22-10-12-28(13-11-22)16-20-7-5-9-23(15-20)31-3/h4-9,14-15,17-18,22H,10-13,16H2,1-3H3. The Kier molecular flexibility index (Phi) is 6.37. The van der Waals surface area contributed by atoms with Crippen molar-refractivity contribution in [3.05, 3.63) is 72.2 Å². The Balaban J connectivity index is 1.34. The number of benzene rings is 2. The van der Waals surface area contributed by atoms with Gasteiger partial charge in [0.15, 0.2) is 0 Å². The average molecular weight is 419 g/mol. The number of carbonyl (C=O) groups excluding carboxylic acids is 1. The Morgan fingerprint density at radius 1 is 1.16 bits per heavy atom. The first-order chi connectivity index (χ1) is 15.0. The lowest BCUT2D eigenvalue weighted by molar-refractivity contribution is 0.132. The number of aromatic nitrogens is 2. The van der Waals surface area contributed by atoms with Crippen LogP contribution in [0.1, 0.15) is 24.0 Å². The molecule has 2 heterocycles. The minimum atomic E-state index is -0.0300. The molecule has 1 aliphatic rings. The van der Waals surface area contributed by atoms with Crippen molar-refractivity contribution in [1.29, 1.82) is 0 Å². The van der Waals surface area contributed by atoms with E-state index in [-0.39, 0.29) is 12.1 Å². The molecule has 162 valence electrons. The number of likely N-dealkylation sites (tertiary alicyclic amines) is 1. The van der Waals surface area contributed by atoms with Crippen LogP contribution in [0, 0.1) is 6.92 Å². The van der Waals surface area contributed by atoms with E-state index in [1.54, 1.807) is 18.0 Å². The quantitative estimate of drug-likeness (QED) is 0.615. The summed E-state index contributed by atoms with van der Waals surface area (Å²) in [6.07, 6.45) is 5.37. The number of carbonyl (C=O) groups is 1. The summed E-state index contributed by atoms with van der Waals surface area (Å²) in [5.41, 5.74) is 4.28. The highest BCUT2D eigenvalue weighted by Crippen LogP contribution is 2.22. The number of imidazole rings is 1. The van der Waals surface area contributed by atoms with Gasteiger partial charge in [-0.05, 0) is 43.5 Å². The summed E-state index contributed by atoms with van der Waals surface area (Å²) in [5.74, 6) is 0.892. The molecule has 0 atom stereocenters. The van der Waals surface area contributed by atoms with Crippen LogP contribution in [0.25, 0.3) is 11.3 Å². The molecule has 31 heavy (non-hydrogen) atoms. The minimum absolute atomic E-state index is 0.0300. The SMILES string of the molecule is COc1cccc(CN2CCC(N(C)C(=O)n3cnc(-c4cccc(C)c4)c3)CC2)c1. The third-order valence-corrected chi connectivity index (χ3v) is 6.06. The first kappa shape index (κ1) is 21.1. The predicted octanol–water partition coefficient (Wildman–Crippen LogP) is 4.43. The van der Waals surface area contributed by atoms with Gasteiger partial charge in [-0.15, -0.1) is 0 Å². The Labute approximate surface area is 184 Å². The molecule has 6 nitrogen and oxygen atoms in total. The van der Waals surface area contributed by atoms with E-state index in [4.69, 9.17) is 4.74 Å². The molecule has 4 rings (SSSR count). The summed E-state index contributed by atoms with van der Waals surface area (Å²) in [5, 5.41) is 0. The van der Waals surface area contributed by atoms with Gasteiger partial charge in [0.2, 0.25) is 0 Å². The second-order valence-corrected chi connectivity index (χ2v) is 8.29. The van der Waals surface area contributed by atoms with E-state index in [9.17, 15) is 4.79 Å². The summed E-state index contributed by atoms with van der Waals surface area (Å²) < 4.78 is 6.92. The number of hydrogen-bond donors (Lipinski definition) is 0. The first-order valence-corrected chi connectivity index (χ1v) is 10.8. The third kappa shape index (κ3) is 4.97. The van der Waals surface area contributed by atoms with E-state index < -0.39 is 0 Å². The van der Waals surface area contributed by atoms with E-state index in [2.05, 4.69) is 41.1 Å². The summed E-state index contributed by atoms with van der Waals surface area (Å²) in [4.78, 5) is 21.8. The monoisotopic (exact) mass is 418 g/mol. The molecule has 1 aliphatic heterocycles. The molecule has 1 saturated heterocycles. The van der Waals surface area contributed by atoms with Crippen molar-refractivity contribution in [2.45, 2.75) is 32.4 Å². The second kappa shape index (κ2) is 9.35. The van der Waals surface area contributed by atoms with E-state index in [1.807, 2.05) is 42.4 Å². The molecule has 0 unspecified atom stereocenters.